The van der Waals surface area contributed by atoms with Gasteiger partial charge in [-0.15, -0.1) is 12.4 Å². The van der Waals surface area contributed by atoms with Crippen LogP contribution in [0.5, 0.6) is 0 Å². The van der Waals surface area contributed by atoms with Gasteiger partial charge in [-0.25, -0.2) is 0 Å². The molecule has 1 amide bonds. The third kappa shape index (κ3) is 3.10. The highest BCUT2D eigenvalue weighted by Gasteiger charge is 2.03. The normalized spacial score (nSPS) is 9.25. The summed E-state index contributed by atoms with van der Waals surface area (Å²) in [6.45, 7) is 0.525. The van der Waals surface area contributed by atoms with Crippen molar-refractivity contribution in [3.63, 3.8) is 0 Å². The number of nitrogens with zero attached hydrogens (tertiary/aromatic N) is 1. The Morgan fingerprint density at radius 1 is 1.44 bits per heavy atom. The van der Waals surface area contributed by atoms with Crippen LogP contribution in [0, 0.1) is 0 Å². The average molecular weight is 238 g/mol. The molecule has 0 spiro atoms. The summed E-state index contributed by atoms with van der Waals surface area (Å²) < 4.78 is 0. The third-order valence-electron chi connectivity index (χ3n) is 2.04. The van der Waals surface area contributed by atoms with E-state index in [0.717, 1.165) is 5.56 Å². The van der Waals surface area contributed by atoms with Crippen LogP contribution < -0.4 is 5.32 Å². The van der Waals surface area contributed by atoms with Crippen LogP contribution >= 0.6 is 12.4 Å². The second kappa shape index (κ2) is 5.92. The Balaban J connectivity index is 0.00000128. The number of aromatic amines is 1. The number of carbonyl (C=O) groups is 1. The number of halogens is 1. The molecule has 2 aromatic heterocycles. The van der Waals surface area contributed by atoms with Crippen LogP contribution in [0.2, 0.25) is 0 Å². The van der Waals surface area contributed by atoms with Crippen LogP contribution in [0.25, 0.3) is 0 Å². The second-order valence-corrected chi connectivity index (χ2v) is 3.14. The standard InChI is InChI=1S/C11H11N3O.ClH/c15-11(10-2-1-4-12-8-10)14-7-9-3-5-13-6-9;/h1-6,8,13H,7H2,(H,14,15);1H. The molecular weight excluding hydrogens is 226 g/mol. The Morgan fingerprint density at radius 3 is 2.94 bits per heavy atom. The first-order chi connectivity index (χ1) is 7.36. The van der Waals surface area contributed by atoms with Gasteiger partial charge in [-0.05, 0) is 23.8 Å². The Bertz CT molecular complexity index is 428. The van der Waals surface area contributed by atoms with Crippen molar-refractivity contribution in [3.05, 3.63) is 54.1 Å². The molecule has 4 nitrogen and oxygen atoms in total. The fraction of sp³-hybridized carbons (Fsp3) is 0.0909. The largest absolute Gasteiger partial charge is 0.367 e. The summed E-state index contributed by atoms with van der Waals surface area (Å²) in [6, 6.07) is 5.40. The summed E-state index contributed by atoms with van der Waals surface area (Å²) in [5.41, 5.74) is 1.63. The lowest BCUT2D eigenvalue weighted by atomic mass is 10.2. The van der Waals surface area contributed by atoms with Gasteiger partial charge in [-0.3, -0.25) is 9.78 Å². The van der Waals surface area contributed by atoms with E-state index in [0.29, 0.717) is 12.1 Å². The van der Waals surface area contributed by atoms with Gasteiger partial charge in [-0.2, -0.15) is 0 Å². The van der Waals surface area contributed by atoms with Gasteiger partial charge in [-0.1, -0.05) is 0 Å². The molecule has 0 saturated heterocycles. The number of nitrogens with one attached hydrogen (secondary N) is 2. The first-order valence-corrected chi connectivity index (χ1v) is 4.66. The van der Waals surface area contributed by atoms with Crippen LogP contribution in [0.4, 0.5) is 0 Å². The molecule has 2 N–H and O–H groups in total. The van der Waals surface area contributed by atoms with Crippen molar-refractivity contribution in [2.45, 2.75) is 6.54 Å². The summed E-state index contributed by atoms with van der Waals surface area (Å²) in [6.07, 6.45) is 6.87. The van der Waals surface area contributed by atoms with Gasteiger partial charge < -0.3 is 10.3 Å². The molecule has 0 aliphatic rings. The molecule has 0 radical (unpaired) electrons. The molecule has 0 atom stereocenters. The van der Waals surface area contributed by atoms with Gasteiger partial charge in [0.05, 0.1) is 5.56 Å². The van der Waals surface area contributed by atoms with Crippen molar-refractivity contribution in [2.24, 2.45) is 0 Å². The monoisotopic (exact) mass is 237 g/mol. The van der Waals surface area contributed by atoms with Crippen LogP contribution in [-0.4, -0.2) is 15.9 Å². The quantitative estimate of drug-likeness (QED) is 0.855. The number of pyridine rings is 1. The zero-order valence-corrected chi connectivity index (χ0v) is 9.33. The molecular formula is C11H12ClN3O. The molecule has 5 heteroatoms. The van der Waals surface area contributed by atoms with Gasteiger partial charge in [0.15, 0.2) is 0 Å². The molecule has 84 valence electrons. The first kappa shape index (κ1) is 12.3. The second-order valence-electron chi connectivity index (χ2n) is 3.14. The number of hydrogen-bond donors (Lipinski definition) is 2. The lowest BCUT2D eigenvalue weighted by Gasteiger charge is -2.02. The fourth-order valence-corrected chi connectivity index (χ4v) is 1.25. The maximum absolute atomic E-state index is 11.6. The summed E-state index contributed by atoms with van der Waals surface area (Å²) in [5.74, 6) is -0.107. The number of carbonyl (C=O) groups excluding carboxylic acids is 1. The van der Waals surface area contributed by atoms with E-state index in [4.69, 9.17) is 0 Å². The van der Waals surface area contributed by atoms with Gasteiger partial charge in [0.2, 0.25) is 0 Å². The predicted molar refractivity (Wildman–Crippen MR) is 63.4 cm³/mol. The van der Waals surface area contributed by atoms with Crippen LogP contribution in [0.15, 0.2) is 43.0 Å². The molecule has 0 saturated carbocycles. The molecule has 0 unspecified atom stereocenters. The molecule has 2 heterocycles. The van der Waals surface area contributed by atoms with Crippen molar-refractivity contribution in [1.82, 2.24) is 15.3 Å². The lowest BCUT2D eigenvalue weighted by Crippen LogP contribution is -2.22. The summed E-state index contributed by atoms with van der Waals surface area (Å²) in [5, 5.41) is 2.80. The van der Waals surface area contributed by atoms with E-state index in [9.17, 15) is 4.79 Å². The van der Waals surface area contributed by atoms with Crippen LogP contribution in [0.1, 0.15) is 15.9 Å². The highest BCUT2D eigenvalue weighted by molar-refractivity contribution is 5.93. The minimum Gasteiger partial charge on any atom is -0.367 e. The Labute approximate surface area is 99.5 Å². The lowest BCUT2D eigenvalue weighted by molar-refractivity contribution is 0.0950. The van der Waals surface area contributed by atoms with E-state index < -0.39 is 0 Å². The smallest absolute Gasteiger partial charge is 0.253 e. The van der Waals surface area contributed by atoms with Crippen molar-refractivity contribution < 1.29 is 4.79 Å². The number of H-pyrrole nitrogens is 1. The first-order valence-electron chi connectivity index (χ1n) is 4.66. The molecule has 2 aromatic rings. The van der Waals surface area contributed by atoms with Gasteiger partial charge in [0.1, 0.15) is 0 Å². The van der Waals surface area contributed by atoms with Crippen molar-refractivity contribution in [3.8, 4) is 0 Å². The molecule has 0 aliphatic heterocycles. The number of hydrogen-bond acceptors (Lipinski definition) is 2. The Kier molecular flexibility index (Phi) is 4.54. The van der Waals surface area contributed by atoms with Crippen LogP contribution in [0.3, 0.4) is 0 Å². The number of rotatable bonds is 3. The Morgan fingerprint density at radius 2 is 2.31 bits per heavy atom. The Hall–Kier alpha value is -1.81. The minimum absolute atomic E-state index is 0. The molecule has 2 rings (SSSR count). The summed E-state index contributed by atoms with van der Waals surface area (Å²) in [4.78, 5) is 18.4. The van der Waals surface area contributed by atoms with E-state index in [-0.39, 0.29) is 18.3 Å². The van der Waals surface area contributed by atoms with E-state index in [1.807, 2.05) is 18.5 Å². The zero-order chi connectivity index (χ0) is 10.5. The molecule has 0 aromatic carbocycles. The minimum atomic E-state index is -0.107. The van der Waals surface area contributed by atoms with E-state index in [1.54, 1.807) is 24.5 Å². The van der Waals surface area contributed by atoms with Crippen molar-refractivity contribution >= 4 is 18.3 Å². The third-order valence-corrected chi connectivity index (χ3v) is 2.04. The van der Waals surface area contributed by atoms with Crippen molar-refractivity contribution in [1.29, 1.82) is 0 Å². The summed E-state index contributed by atoms with van der Waals surface area (Å²) in [7, 11) is 0. The fourth-order valence-electron chi connectivity index (χ4n) is 1.25. The topological polar surface area (TPSA) is 57.8 Å². The van der Waals surface area contributed by atoms with Gasteiger partial charge in [0.25, 0.3) is 5.91 Å². The highest BCUT2D eigenvalue weighted by atomic mass is 35.5. The zero-order valence-electron chi connectivity index (χ0n) is 8.51. The average Bonchev–Trinajstić information content (AvgIpc) is 2.80. The van der Waals surface area contributed by atoms with Crippen molar-refractivity contribution in [2.75, 3.05) is 0 Å². The van der Waals surface area contributed by atoms with E-state index >= 15 is 0 Å². The van der Waals surface area contributed by atoms with E-state index in [1.165, 1.54) is 0 Å². The van der Waals surface area contributed by atoms with Crippen LogP contribution in [-0.2, 0) is 6.54 Å². The maximum atomic E-state index is 11.6. The summed E-state index contributed by atoms with van der Waals surface area (Å²) >= 11 is 0. The molecule has 0 aliphatic carbocycles. The number of amides is 1. The van der Waals surface area contributed by atoms with Gasteiger partial charge >= 0.3 is 0 Å². The predicted octanol–water partition coefficient (Wildman–Crippen LogP) is 1.76. The number of aromatic nitrogens is 2. The van der Waals surface area contributed by atoms with Gasteiger partial charge in [0, 0.05) is 31.3 Å². The molecule has 0 fully saturated rings. The molecule has 16 heavy (non-hydrogen) atoms. The van der Waals surface area contributed by atoms with E-state index in [2.05, 4.69) is 15.3 Å². The molecule has 0 bridgehead atoms. The maximum Gasteiger partial charge on any atom is 0.253 e. The SMILES string of the molecule is Cl.O=C(NCc1cc[nH]c1)c1cccnc1. The highest BCUT2D eigenvalue weighted by Crippen LogP contribution is 1.98.